The maximum Gasteiger partial charge on any atom is 0.277 e. The van der Waals surface area contributed by atoms with E-state index in [0.717, 1.165) is 21.8 Å². The van der Waals surface area contributed by atoms with E-state index in [2.05, 4.69) is 59.8 Å². The van der Waals surface area contributed by atoms with Crippen LogP contribution in [0.4, 0.5) is 0 Å². The number of rotatable bonds is 5. The molecule has 0 saturated heterocycles. The molecular weight excluding hydrogens is 362 g/mol. The number of hydrogen-bond donors (Lipinski definition) is 0. The average molecular weight is 380 g/mol. The van der Waals surface area contributed by atoms with Crippen LogP contribution in [0.5, 0.6) is 0 Å². The van der Waals surface area contributed by atoms with Crippen molar-refractivity contribution in [2.75, 3.05) is 0 Å². The Hall–Kier alpha value is -2.44. The molecule has 0 aliphatic carbocycles. The number of aryl methyl sites for hydroxylation is 2. The topological polar surface area (TPSA) is 51.8 Å². The van der Waals surface area contributed by atoms with E-state index in [1.807, 2.05) is 18.2 Å². The van der Waals surface area contributed by atoms with Crippen molar-refractivity contribution in [1.29, 1.82) is 0 Å². The fraction of sp³-hybridized carbons (Fsp3) is 0.150. The molecular formula is C20H17N3OS2. The van der Waals surface area contributed by atoms with Gasteiger partial charge in [-0.05, 0) is 26.0 Å². The van der Waals surface area contributed by atoms with Crippen LogP contribution in [0.15, 0.2) is 63.6 Å². The van der Waals surface area contributed by atoms with E-state index >= 15 is 0 Å². The van der Waals surface area contributed by atoms with E-state index in [1.54, 1.807) is 11.3 Å². The molecule has 6 heteroatoms. The minimum absolute atomic E-state index is 0.558. The van der Waals surface area contributed by atoms with Gasteiger partial charge in [0.15, 0.2) is 0 Å². The molecule has 0 saturated carbocycles. The van der Waals surface area contributed by atoms with Gasteiger partial charge in [-0.3, -0.25) is 0 Å². The van der Waals surface area contributed by atoms with Crippen molar-refractivity contribution in [3.63, 3.8) is 0 Å². The fourth-order valence-electron chi connectivity index (χ4n) is 2.71. The van der Waals surface area contributed by atoms with Gasteiger partial charge in [0.05, 0.1) is 5.69 Å². The molecule has 4 nitrogen and oxygen atoms in total. The normalized spacial score (nSPS) is 11.0. The summed E-state index contributed by atoms with van der Waals surface area (Å²) in [5.74, 6) is 1.26. The summed E-state index contributed by atoms with van der Waals surface area (Å²) in [5.41, 5.74) is 5.49. The summed E-state index contributed by atoms with van der Waals surface area (Å²) in [4.78, 5) is 4.69. The Bertz CT molecular complexity index is 1000. The molecule has 0 radical (unpaired) electrons. The van der Waals surface area contributed by atoms with Crippen molar-refractivity contribution >= 4 is 23.1 Å². The standard InChI is InChI=1S/C20H17N3OS2/c1-13-8-14(2)10-16(9-13)18-22-23-20(24-18)26-12-17-11-25-19(21-17)15-6-4-3-5-7-15/h3-11H,12H2,1-2H3. The first-order chi connectivity index (χ1) is 12.7. The van der Waals surface area contributed by atoms with Crippen molar-refractivity contribution in [2.24, 2.45) is 0 Å². The first-order valence-electron chi connectivity index (χ1n) is 8.22. The Kier molecular flexibility index (Phi) is 4.86. The zero-order valence-electron chi connectivity index (χ0n) is 14.5. The van der Waals surface area contributed by atoms with E-state index < -0.39 is 0 Å². The maximum absolute atomic E-state index is 5.81. The van der Waals surface area contributed by atoms with Crippen LogP contribution in [0, 0.1) is 13.8 Å². The van der Waals surface area contributed by atoms with E-state index in [9.17, 15) is 0 Å². The average Bonchev–Trinajstić information content (AvgIpc) is 3.29. The van der Waals surface area contributed by atoms with E-state index in [0.29, 0.717) is 16.9 Å². The molecule has 4 aromatic rings. The van der Waals surface area contributed by atoms with Crippen LogP contribution < -0.4 is 0 Å². The third-order valence-electron chi connectivity index (χ3n) is 3.79. The Morgan fingerprint density at radius 2 is 1.73 bits per heavy atom. The highest BCUT2D eigenvalue weighted by Gasteiger charge is 2.11. The Morgan fingerprint density at radius 3 is 2.50 bits per heavy atom. The van der Waals surface area contributed by atoms with Crippen LogP contribution >= 0.6 is 23.1 Å². The summed E-state index contributed by atoms with van der Waals surface area (Å²) >= 11 is 3.16. The second-order valence-corrected chi connectivity index (χ2v) is 7.83. The maximum atomic E-state index is 5.81. The minimum atomic E-state index is 0.558. The molecule has 4 rings (SSSR count). The second-order valence-electron chi connectivity index (χ2n) is 6.05. The number of benzene rings is 2. The third-order valence-corrected chi connectivity index (χ3v) is 5.58. The molecule has 26 heavy (non-hydrogen) atoms. The minimum Gasteiger partial charge on any atom is -0.411 e. The number of aromatic nitrogens is 3. The second kappa shape index (κ2) is 7.43. The molecule has 0 aliphatic heterocycles. The van der Waals surface area contributed by atoms with Crippen molar-refractivity contribution in [3.8, 4) is 22.0 Å². The fourth-order valence-corrected chi connectivity index (χ4v) is 4.29. The first kappa shape index (κ1) is 17.0. The predicted octanol–water partition coefficient (Wildman–Crippen LogP) is 5.77. The van der Waals surface area contributed by atoms with Crippen LogP contribution in [0.1, 0.15) is 16.8 Å². The van der Waals surface area contributed by atoms with Gasteiger partial charge in [-0.1, -0.05) is 59.3 Å². The van der Waals surface area contributed by atoms with E-state index in [-0.39, 0.29) is 0 Å². The highest BCUT2D eigenvalue weighted by molar-refractivity contribution is 7.98. The lowest BCUT2D eigenvalue weighted by molar-refractivity contribution is 0.465. The molecule has 0 fully saturated rings. The zero-order chi connectivity index (χ0) is 17.9. The van der Waals surface area contributed by atoms with Crippen LogP contribution in [-0.4, -0.2) is 15.2 Å². The lowest BCUT2D eigenvalue weighted by Crippen LogP contribution is -1.82. The predicted molar refractivity (Wildman–Crippen MR) is 106 cm³/mol. The van der Waals surface area contributed by atoms with Gasteiger partial charge in [-0.15, -0.1) is 21.5 Å². The number of nitrogens with zero attached hydrogens (tertiary/aromatic N) is 3. The first-order valence-corrected chi connectivity index (χ1v) is 10.1. The van der Waals surface area contributed by atoms with Crippen LogP contribution in [-0.2, 0) is 5.75 Å². The van der Waals surface area contributed by atoms with Crippen LogP contribution in [0.2, 0.25) is 0 Å². The van der Waals surface area contributed by atoms with Crippen molar-refractivity contribution in [3.05, 3.63) is 70.7 Å². The van der Waals surface area contributed by atoms with Crippen molar-refractivity contribution in [2.45, 2.75) is 24.8 Å². The zero-order valence-corrected chi connectivity index (χ0v) is 16.1. The monoisotopic (exact) mass is 379 g/mol. The molecule has 2 aromatic heterocycles. The molecule has 0 amide bonds. The Labute approximate surface area is 160 Å². The van der Waals surface area contributed by atoms with E-state index in [4.69, 9.17) is 9.40 Å². The number of thioether (sulfide) groups is 1. The molecule has 2 aromatic carbocycles. The van der Waals surface area contributed by atoms with Gasteiger partial charge in [-0.2, -0.15) is 0 Å². The molecule has 2 heterocycles. The Morgan fingerprint density at radius 1 is 0.962 bits per heavy atom. The van der Waals surface area contributed by atoms with Gasteiger partial charge < -0.3 is 4.42 Å². The van der Waals surface area contributed by atoms with Gasteiger partial charge in [0, 0.05) is 22.3 Å². The van der Waals surface area contributed by atoms with Gasteiger partial charge in [0.25, 0.3) is 5.22 Å². The smallest absolute Gasteiger partial charge is 0.277 e. The molecule has 0 N–H and O–H groups in total. The molecule has 130 valence electrons. The van der Waals surface area contributed by atoms with Crippen LogP contribution in [0.25, 0.3) is 22.0 Å². The van der Waals surface area contributed by atoms with E-state index in [1.165, 1.54) is 22.9 Å². The molecule has 0 spiro atoms. The lowest BCUT2D eigenvalue weighted by atomic mass is 10.1. The van der Waals surface area contributed by atoms with Crippen molar-refractivity contribution in [1.82, 2.24) is 15.2 Å². The SMILES string of the molecule is Cc1cc(C)cc(-c2nnc(SCc3csc(-c4ccccc4)n3)o2)c1. The summed E-state index contributed by atoms with van der Waals surface area (Å²) in [6, 6.07) is 16.5. The van der Waals surface area contributed by atoms with Crippen LogP contribution in [0.3, 0.4) is 0 Å². The largest absolute Gasteiger partial charge is 0.411 e. The van der Waals surface area contributed by atoms with Crippen molar-refractivity contribution < 1.29 is 4.42 Å². The van der Waals surface area contributed by atoms with Gasteiger partial charge >= 0.3 is 0 Å². The third kappa shape index (κ3) is 3.86. The molecule has 0 bridgehead atoms. The molecule has 0 unspecified atom stereocenters. The molecule has 0 atom stereocenters. The number of thiazole rings is 1. The Balaban J connectivity index is 1.44. The van der Waals surface area contributed by atoms with Gasteiger partial charge in [0.2, 0.25) is 5.89 Å². The van der Waals surface area contributed by atoms with Gasteiger partial charge in [-0.25, -0.2) is 4.98 Å². The summed E-state index contributed by atoms with van der Waals surface area (Å²) in [6.07, 6.45) is 0. The van der Waals surface area contributed by atoms with Gasteiger partial charge in [0.1, 0.15) is 5.01 Å². The number of hydrogen-bond acceptors (Lipinski definition) is 6. The quantitative estimate of drug-likeness (QED) is 0.412. The highest BCUT2D eigenvalue weighted by atomic mass is 32.2. The lowest BCUT2D eigenvalue weighted by Gasteiger charge is -2.00. The summed E-state index contributed by atoms with van der Waals surface area (Å²) in [7, 11) is 0. The highest BCUT2D eigenvalue weighted by Crippen LogP contribution is 2.29. The molecule has 0 aliphatic rings. The summed E-state index contributed by atoms with van der Waals surface area (Å²) in [5, 5.41) is 12.0. The summed E-state index contributed by atoms with van der Waals surface area (Å²) < 4.78 is 5.81. The summed E-state index contributed by atoms with van der Waals surface area (Å²) in [6.45, 7) is 4.13.